The number of hydrogen-bond donors (Lipinski definition) is 1. The Morgan fingerprint density at radius 2 is 1.82 bits per heavy atom. The summed E-state index contributed by atoms with van der Waals surface area (Å²) in [6, 6.07) is 12.4. The fraction of sp³-hybridized carbons (Fsp3) is 0.318. The average molecular weight is 380 g/mol. The maximum absolute atomic E-state index is 12.4. The quantitative estimate of drug-likeness (QED) is 0.804. The van der Waals surface area contributed by atoms with Gasteiger partial charge in [-0.05, 0) is 68.7 Å². The minimum absolute atomic E-state index is 0.0899. The van der Waals surface area contributed by atoms with E-state index in [-0.39, 0.29) is 11.8 Å². The van der Waals surface area contributed by atoms with Gasteiger partial charge >= 0.3 is 5.97 Å². The zero-order valence-corrected chi connectivity index (χ0v) is 16.3. The van der Waals surface area contributed by atoms with Crippen LogP contribution in [0.25, 0.3) is 0 Å². The Hall–Kier alpha value is -3.15. The third-order valence-corrected chi connectivity index (χ3v) is 4.79. The van der Waals surface area contributed by atoms with Crippen LogP contribution in [0.15, 0.2) is 42.5 Å². The number of anilines is 2. The summed E-state index contributed by atoms with van der Waals surface area (Å²) in [7, 11) is 0. The van der Waals surface area contributed by atoms with Crippen molar-refractivity contribution in [3.05, 3.63) is 59.2 Å². The van der Waals surface area contributed by atoms with Gasteiger partial charge in [0.05, 0.1) is 5.56 Å². The summed E-state index contributed by atoms with van der Waals surface area (Å²) < 4.78 is 5.30. The SMILES string of the molecule is Cc1ccc(C)c(NC(=O)[C@H](C)OC(=O)c2ccc(N3CCCC3=O)cc2)c1. The molecule has 2 aromatic carbocycles. The molecule has 0 saturated carbocycles. The third-order valence-electron chi connectivity index (χ3n) is 4.79. The number of ether oxygens (including phenoxy) is 1. The van der Waals surface area contributed by atoms with E-state index in [4.69, 9.17) is 4.74 Å². The molecule has 0 aliphatic carbocycles. The van der Waals surface area contributed by atoms with Crippen molar-refractivity contribution in [2.45, 2.75) is 39.7 Å². The van der Waals surface area contributed by atoms with Crippen LogP contribution in [-0.2, 0) is 14.3 Å². The summed E-state index contributed by atoms with van der Waals surface area (Å²) in [4.78, 5) is 38.2. The van der Waals surface area contributed by atoms with Crippen molar-refractivity contribution in [3.63, 3.8) is 0 Å². The lowest BCUT2D eigenvalue weighted by Crippen LogP contribution is -2.30. The summed E-state index contributed by atoms with van der Waals surface area (Å²) in [5.41, 5.74) is 3.76. The highest BCUT2D eigenvalue weighted by Crippen LogP contribution is 2.22. The maximum atomic E-state index is 12.4. The molecule has 1 aliphatic heterocycles. The highest BCUT2D eigenvalue weighted by atomic mass is 16.5. The van der Waals surface area contributed by atoms with Gasteiger partial charge in [-0.15, -0.1) is 0 Å². The van der Waals surface area contributed by atoms with Gasteiger partial charge in [-0.1, -0.05) is 12.1 Å². The zero-order valence-electron chi connectivity index (χ0n) is 16.3. The predicted molar refractivity (Wildman–Crippen MR) is 107 cm³/mol. The first-order valence-electron chi connectivity index (χ1n) is 9.34. The van der Waals surface area contributed by atoms with Gasteiger partial charge in [-0.2, -0.15) is 0 Å². The molecule has 28 heavy (non-hydrogen) atoms. The number of carbonyl (C=O) groups is 3. The third kappa shape index (κ3) is 4.39. The first-order valence-corrected chi connectivity index (χ1v) is 9.34. The van der Waals surface area contributed by atoms with Gasteiger partial charge in [0.15, 0.2) is 6.10 Å². The van der Waals surface area contributed by atoms with Crippen LogP contribution in [0.2, 0.25) is 0 Å². The monoisotopic (exact) mass is 380 g/mol. The van der Waals surface area contributed by atoms with E-state index in [0.29, 0.717) is 24.2 Å². The van der Waals surface area contributed by atoms with E-state index in [1.165, 1.54) is 6.92 Å². The highest BCUT2D eigenvalue weighted by Gasteiger charge is 2.23. The van der Waals surface area contributed by atoms with Gasteiger partial charge in [-0.25, -0.2) is 4.79 Å². The van der Waals surface area contributed by atoms with Crippen LogP contribution in [0.1, 0.15) is 41.3 Å². The normalized spacial score (nSPS) is 14.7. The molecule has 1 saturated heterocycles. The topological polar surface area (TPSA) is 75.7 Å². The molecule has 2 amide bonds. The van der Waals surface area contributed by atoms with Crippen molar-refractivity contribution in [3.8, 4) is 0 Å². The molecule has 0 unspecified atom stereocenters. The van der Waals surface area contributed by atoms with E-state index in [0.717, 1.165) is 23.2 Å². The Bertz CT molecular complexity index is 905. The molecule has 0 aromatic heterocycles. The molecule has 146 valence electrons. The molecule has 3 rings (SSSR count). The van der Waals surface area contributed by atoms with Gasteiger partial charge in [0.25, 0.3) is 5.91 Å². The fourth-order valence-corrected chi connectivity index (χ4v) is 3.09. The van der Waals surface area contributed by atoms with E-state index < -0.39 is 12.1 Å². The Morgan fingerprint density at radius 1 is 1.11 bits per heavy atom. The van der Waals surface area contributed by atoms with Crippen molar-refractivity contribution < 1.29 is 19.1 Å². The van der Waals surface area contributed by atoms with Crippen LogP contribution in [-0.4, -0.2) is 30.4 Å². The maximum Gasteiger partial charge on any atom is 0.338 e. The summed E-state index contributed by atoms with van der Waals surface area (Å²) in [6.07, 6.45) is 0.458. The van der Waals surface area contributed by atoms with Crippen LogP contribution in [0.5, 0.6) is 0 Å². The lowest BCUT2D eigenvalue weighted by molar-refractivity contribution is -0.123. The number of carbonyl (C=O) groups excluding carboxylic acids is 3. The van der Waals surface area contributed by atoms with Gasteiger partial charge < -0.3 is 15.0 Å². The second-order valence-electron chi connectivity index (χ2n) is 7.05. The summed E-state index contributed by atoms with van der Waals surface area (Å²) in [6.45, 7) is 6.07. The zero-order chi connectivity index (χ0) is 20.3. The molecule has 0 bridgehead atoms. The molecule has 1 heterocycles. The van der Waals surface area contributed by atoms with Gasteiger partial charge in [0.1, 0.15) is 0 Å². The largest absolute Gasteiger partial charge is 0.449 e. The molecule has 0 spiro atoms. The second kappa shape index (κ2) is 8.25. The summed E-state index contributed by atoms with van der Waals surface area (Å²) in [5, 5.41) is 2.80. The summed E-state index contributed by atoms with van der Waals surface area (Å²) in [5.74, 6) is -0.878. The van der Waals surface area contributed by atoms with Crippen LogP contribution in [0, 0.1) is 13.8 Å². The number of amides is 2. The molecule has 2 aromatic rings. The number of hydrogen-bond acceptors (Lipinski definition) is 4. The molecule has 1 fully saturated rings. The smallest absolute Gasteiger partial charge is 0.338 e. The Morgan fingerprint density at radius 3 is 2.46 bits per heavy atom. The Balaban J connectivity index is 1.61. The van der Waals surface area contributed by atoms with Gasteiger partial charge in [0, 0.05) is 24.3 Å². The van der Waals surface area contributed by atoms with Gasteiger partial charge in [-0.3, -0.25) is 9.59 Å². The van der Waals surface area contributed by atoms with Gasteiger partial charge in [0.2, 0.25) is 5.91 Å². The lowest BCUT2D eigenvalue weighted by Gasteiger charge is -2.17. The lowest BCUT2D eigenvalue weighted by atomic mass is 10.1. The van der Waals surface area contributed by atoms with Crippen molar-refractivity contribution in [1.29, 1.82) is 0 Å². The predicted octanol–water partition coefficient (Wildman–Crippen LogP) is 3.61. The first-order chi connectivity index (χ1) is 13.3. The van der Waals surface area contributed by atoms with Crippen LogP contribution < -0.4 is 10.2 Å². The van der Waals surface area contributed by atoms with E-state index in [1.54, 1.807) is 29.2 Å². The van der Waals surface area contributed by atoms with Crippen molar-refractivity contribution >= 4 is 29.2 Å². The number of esters is 1. The Labute approximate surface area is 164 Å². The first kappa shape index (κ1) is 19.6. The van der Waals surface area contributed by atoms with E-state index in [2.05, 4.69) is 5.32 Å². The average Bonchev–Trinajstić information content (AvgIpc) is 3.10. The Kier molecular flexibility index (Phi) is 5.78. The molecular formula is C22H24N2O4. The van der Waals surface area contributed by atoms with Crippen molar-refractivity contribution in [1.82, 2.24) is 0 Å². The van der Waals surface area contributed by atoms with Crippen LogP contribution in [0.4, 0.5) is 11.4 Å². The van der Waals surface area contributed by atoms with E-state index >= 15 is 0 Å². The molecule has 1 aliphatic rings. The second-order valence-corrected chi connectivity index (χ2v) is 7.05. The van der Waals surface area contributed by atoms with Crippen molar-refractivity contribution in [2.75, 3.05) is 16.8 Å². The summed E-state index contributed by atoms with van der Waals surface area (Å²) >= 11 is 0. The number of nitrogens with zero attached hydrogens (tertiary/aromatic N) is 1. The minimum Gasteiger partial charge on any atom is -0.449 e. The number of benzene rings is 2. The molecule has 0 radical (unpaired) electrons. The van der Waals surface area contributed by atoms with E-state index in [9.17, 15) is 14.4 Å². The molecule has 6 heteroatoms. The number of nitrogens with one attached hydrogen (secondary N) is 1. The van der Waals surface area contributed by atoms with E-state index in [1.807, 2.05) is 32.0 Å². The fourth-order valence-electron chi connectivity index (χ4n) is 3.09. The van der Waals surface area contributed by atoms with Crippen molar-refractivity contribution in [2.24, 2.45) is 0 Å². The minimum atomic E-state index is -0.938. The molecule has 6 nitrogen and oxygen atoms in total. The standard InChI is InChI=1S/C22H24N2O4/c1-14-6-7-15(2)19(13-14)23-21(26)16(3)28-22(27)17-8-10-18(11-9-17)24-12-4-5-20(24)25/h6-11,13,16H,4-5,12H2,1-3H3,(H,23,26)/t16-/m0/s1. The number of aryl methyl sites for hydroxylation is 2. The van der Waals surface area contributed by atoms with Crippen LogP contribution >= 0.6 is 0 Å². The van der Waals surface area contributed by atoms with Crippen LogP contribution in [0.3, 0.4) is 0 Å². The molecule has 1 N–H and O–H groups in total. The molecular weight excluding hydrogens is 356 g/mol. The number of rotatable bonds is 5. The molecule has 1 atom stereocenters. The highest BCUT2D eigenvalue weighted by molar-refractivity contribution is 5.98.